The highest BCUT2D eigenvalue weighted by Crippen LogP contribution is 2.24. The molecule has 0 unspecified atom stereocenters. The lowest BCUT2D eigenvalue weighted by molar-refractivity contribution is 0.0684. The van der Waals surface area contributed by atoms with Gasteiger partial charge in [0.1, 0.15) is 5.82 Å². The van der Waals surface area contributed by atoms with Crippen LogP contribution in [0.15, 0.2) is 6.20 Å². The number of carbonyl (C=O) groups is 1. The molecular formula is C17H29ClN4O. The van der Waals surface area contributed by atoms with Gasteiger partial charge in [0, 0.05) is 19.3 Å². The Morgan fingerprint density at radius 3 is 2.61 bits per heavy atom. The van der Waals surface area contributed by atoms with Crippen LogP contribution in [0.1, 0.15) is 60.9 Å². The maximum atomic E-state index is 12.8. The molecule has 1 aliphatic heterocycles. The lowest BCUT2D eigenvalue weighted by atomic mass is 9.93. The van der Waals surface area contributed by atoms with E-state index in [0.717, 1.165) is 49.9 Å². The summed E-state index contributed by atoms with van der Waals surface area (Å²) in [6, 6.07) is 0. The normalized spacial score (nSPS) is 15.6. The standard InChI is InChI=1S/C17H28N4O.ClH/c1-12(2)16-15(11-19-13(3)20-16)17(22)21-9-6-14(7-10-21)5-8-18-4;/h11-12,14,18H,5-10H2,1-4H3;1H. The van der Waals surface area contributed by atoms with Crippen LogP contribution in [0.2, 0.25) is 0 Å². The molecule has 0 saturated carbocycles. The summed E-state index contributed by atoms with van der Waals surface area (Å²) in [4.78, 5) is 23.5. The molecule has 1 aromatic rings. The molecule has 130 valence electrons. The third kappa shape index (κ3) is 5.15. The first-order valence-corrected chi connectivity index (χ1v) is 8.30. The molecule has 0 atom stereocenters. The van der Waals surface area contributed by atoms with Gasteiger partial charge in [0.05, 0.1) is 11.3 Å². The fourth-order valence-corrected chi connectivity index (χ4v) is 3.04. The van der Waals surface area contributed by atoms with Crippen molar-refractivity contribution in [3.63, 3.8) is 0 Å². The first kappa shape index (κ1) is 19.8. The van der Waals surface area contributed by atoms with Crippen molar-refractivity contribution < 1.29 is 4.79 Å². The van der Waals surface area contributed by atoms with E-state index in [9.17, 15) is 4.79 Å². The van der Waals surface area contributed by atoms with E-state index in [1.54, 1.807) is 6.20 Å². The van der Waals surface area contributed by atoms with Crippen molar-refractivity contribution in [2.75, 3.05) is 26.7 Å². The van der Waals surface area contributed by atoms with Crippen molar-refractivity contribution in [3.8, 4) is 0 Å². The van der Waals surface area contributed by atoms with Crippen molar-refractivity contribution in [3.05, 3.63) is 23.3 Å². The molecule has 23 heavy (non-hydrogen) atoms. The van der Waals surface area contributed by atoms with Crippen LogP contribution >= 0.6 is 12.4 Å². The third-order valence-corrected chi connectivity index (χ3v) is 4.42. The zero-order chi connectivity index (χ0) is 16.1. The van der Waals surface area contributed by atoms with Gasteiger partial charge in [0.2, 0.25) is 0 Å². The fourth-order valence-electron chi connectivity index (χ4n) is 3.04. The molecule has 6 heteroatoms. The molecule has 1 fully saturated rings. The molecule has 0 aromatic carbocycles. The van der Waals surface area contributed by atoms with Crippen LogP contribution in [0.4, 0.5) is 0 Å². The maximum absolute atomic E-state index is 12.8. The number of hydrogen-bond donors (Lipinski definition) is 1. The smallest absolute Gasteiger partial charge is 0.257 e. The first-order valence-electron chi connectivity index (χ1n) is 8.30. The molecule has 0 radical (unpaired) electrons. The second-order valence-corrected chi connectivity index (χ2v) is 6.50. The molecule has 1 aliphatic rings. The van der Waals surface area contributed by atoms with Crippen molar-refractivity contribution in [2.24, 2.45) is 5.92 Å². The van der Waals surface area contributed by atoms with Gasteiger partial charge < -0.3 is 10.2 Å². The van der Waals surface area contributed by atoms with Crippen molar-refractivity contribution in [2.45, 2.75) is 46.0 Å². The average Bonchev–Trinajstić information content (AvgIpc) is 2.52. The molecule has 0 spiro atoms. The van der Waals surface area contributed by atoms with Crippen LogP contribution in [0, 0.1) is 12.8 Å². The Hall–Kier alpha value is -1.20. The molecule has 1 N–H and O–H groups in total. The number of aromatic nitrogens is 2. The predicted octanol–water partition coefficient (Wildman–Crippen LogP) is 2.79. The summed E-state index contributed by atoms with van der Waals surface area (Å²) in [5.74, 6) is 1.78. The summed E-state index contributed by atoms with van der Waals surface area (Å²) < 4.78 is 0. The predicted molar refractivity (Wildman–Crippen MR) is 95.3 cm³/mol. The maximum Gasteiger partial charge on any atom is 0.257 e. The second-order valence-electron chi connectivity index (χ2n) is 6.50. The summed E-state index contributed by atoms with van der Waals surface area (Å²) in [6.45, 7) is 8.76. The number of hydrogen-bond acceptors (Lipinski definition) is 4. The summed E-state index contributed by atoms with van der Waals surface area (Å²) >= 11 is 0. The van der Waals surface area contributed by atoms with E-state index in [0.29, 0.717) is 5.56 Å². The van der Waals surface area contributed by atoms with Crippen LogP contribution in [0.3, 0.4) is 0 Å². The van der Waals surface area contributed by atoms with Gasteiger partial charge in [-0.25, -0.2) is 9.97 Å². The van der Waals surface area contributed by atoms with Crippen LogP contribution in [0.5, 0.6) is 0 Å². The van der Waals surface area contributed by atoms with Gasteiger partial charge in [-0.1, -0.05) is 13.8 Å². The van der Waals surface area contributed by atoms with Gasteiger partial charge >= 0.3 is 0 Å². The number of amides is 1. The number of rotatable bonds is 5. The largest absolute Gasteiger partial charge is 0.339 e. The summed E-state index contributed by atoms with van der Waals surface area (Å²) in [5.41, 5.74) is 1.55. The molecule has 2 rings (SSSR count). The molecular weight excluding hydrogens is 312 g/mol. The highest BCUT2D eigenvalue weighted by atomic mass is 35.5. The summed E-state index contributed by atoms with van der Waals surface area (Å²) in [6.07, 6.45) is 5.09. The Morgan fingerprint density at radius 2 is 2.04 bits per heavy atom. The van der Waals surface area contributed by atoms with E-state index >= 15 is 0 Å². The average molecular weight is 341 g/mol. The van der Waals surface area contributed by atoms with E-state index in [4.69, 9.17) is 0 Å². The van der Waals surface area contributed by atoms with Gasteiger partial charge in [0.15, 0.2) is 0 Å². The van der Waals surface area contributed by atoms with Gasteiger partial charge in [-0.2, -0.15) is 0 Å². The highest BCUT2D eigenvalue weighted by molar-refractivity contribution is 5.95. The molecule has 1 aromatic heterocycles. The molecule has 1 saturated heterocycles. The molecule has 0 bridgehead atoms. The number of halogens is 1. The molecule has 5 nitrogen and oxygen atoms in total. The highest BCUT2D eigenvalue weighted by Gasteiger charge is 2.26. The van der Waals surface area contributed by atoms with E-state index in [1.165, 1.54) is 6.42 Å². The Labute approximate surface area is 145 Å². The van der Waals surface area contributed by atoms with E-state index in [2.05, 4.69) is 29.1 Å². The summed E-state index contributed by atoms with van der Waals surface area (Å²) in [5, 5.41) is 3.20. The number of carbonyl (C=O) groups excluding carboxylic acids is 1. The van der Waals surface area contributed by atoms with Crippen LogP contribution < -0.4 is 5.32 Å². The lowest BCUT2D eigenvalue weighted by Gasteiger charge is -2.32. The SMILES string of the molecule is CNCCC1CCN(C(=O)c2cnc(C)nc2C(C)C)CC1.Cl. The van der Waals surface area contributed by atoms with Gasteiger partial charge in [-0.15, -0.1) is 12.4 Å². The first-order chi connectivity index (χ1) is 10.5. The topological polar surface area (TPSA) is 58.1 Å². The fraction of sp³-hybridized carbons (Fsp3) is 0.706. The van der Waals surface area contributed by atoms with Crippen LogP contribution in [0.25, 0.3) is 0 Å². The van der Waals surface area contributed by atoms with Crippen molar-refractivity contribution in [1.82, 2.24) is 20.2 Å². The minimum Gasteiger partial charge on any atom is -0.339 e. The number of nitrogens with zero attached hydrogens (tertiary/aromatic N) is 3. The van der Waals surface area contributed by atoms with Gasteiger partial charge in [-0.3, -0.25) is 4.79 Å². The minimum absolute atomic E-state index is 0. The Bertz CT molecular complexity index is 513. The monoisotopic (exact) mass is 340 g/mol. The number of piperidine rings is 1. The van der Waals surface area contributed by atoms with E-state index in [1.807, 2.05) is 18.9 Å². The Kier molecular flexibility index (Phi) is 7.92. The molecule has 2 heterocycles. The van der Waals surface area contributed by atoms with E-state index in [-0.39, 0.29) is 24.2 Å². The second kappa shape index (κ2) is 9.18. The Balaban J connectivity index is 0.00000264. The number of likely N-dealkylation sites (tertiary alicyclic amines) is 1. The summed E-state index contributed by atoms with van der Waals surface area (Å²) in [7, 11) is 1.99. The third-order valence-electron chi connectivity index (χ3n) is 4.42. The van der Waals surface area contributed by atoms with Gasteiger partial charge in [0.25, 0.3) is 5.91 Å². The zero-order valence-electron chi connectivity index (χ0n) is 14.6. The number of nitrogens with one attached hydrogen (secondary N) is 1. The molecule has 1 amide bonds. The lowest BCUT2D eigenvalue weighted by Crippen LogP contribution is -2.39. The van der Waals surface area contributed by atoms with Crippen LogP contribution in [-0.2, 0) is 0 Å². The minimum atomic E-state index is 0. The van der Waals surface area contributed by atoms with Crippen LogP contribution in [-0.4, -0.2) is 47.5 Å². The Morgan fingerprint density at radius 1 is 1.39 bits per heavy atom. The zero-order valence-corrected chi connectivity index (χ0v) is 15.4. The molecule has 0 aliphatic carbocycles. The van der Waals surface area contributed by atoms with Crippen molar-refractivity contribution >= 4 is 18.3 Å². The van der Waals surface area contributed by atoms with Crippen molar-refractivity contribution in [1.29, 1.82) is 0 Å². The number of aryl methyl sites for hydroxylation is 1. The quantitative estimate of drug-likeness (QED) is 0.895. The van der Waals surface area contributed by atoms with Gasteiger partial charge in [-0.05, 0) is 51.6 Å². The van der Waals surface area contributed by atoms with E-state index < -0.39 is 0 Å².